The maximum Gasteiger partial charge on any atom is 0.207 e. The van der Waals surface area contributed by atoms with Crippen LogP contribution in [0.1, 0.15) is 6.42 Å². The largest absolute Gasteiger partial charge is 0.353 e. The van der Waals surface area contributed by atoms with E-state index >= 15 is 0 Å². The number of hydrogen-bond donors (Lipinski definition) is 1. The minimum Gasteiger partial charge on any atom is -0.353 e. The maximum atomic E-state index is 11.7. The number of alkyl halides is 1. The lowest BCUT2D eigenvalue weighted by atomic mass is 10.7. The van der Waals surface area contributed by atoms with Crippen molar-refractivity contribution in [2.75, 3.05) is 0 Å². The van der Waals surface area contributed by atoms with E-state index in [1.807, 2.05) is 0 Å². The van der Waals surface area contributed by atoms with Crippen LogP contribution < -0.4 is 5.32 Å². The summed E-state index contributed by atoms with van der Waals surface area (Å²) in [7, 11) is 0. The van der Waals surface area contributed by atoms with Crippen LogP contribution in [0, 0.1) is 0 Å². The summed E-state index contributed by atoms with van der Waals surface area (Å²) in [5.74, 6) is 0. The van der Waals surface area contributed by atoms with E-state index in [-0.39, 0.29) is 6.04 Å². The average molecular weight is 103 g/mol. The fraction of sp³-hybridized carbons (Fsp3) is 0.750. The Morgan fingerprint density at radius 2 is 2.43 bits per heavy atom. The molecule has 1 aliphatic carbocycles. The third-order valence-corrected chi connectivity index (χ3v) is 0.995. The molecule has 0 spiro atoms. The molecule has 0 saturated heterocycles. The van der Waals surface area contributed by atoms with Crippen LogP contribution in [-0.2, 0) is 4.79 Å². The highest BCUT2D eigenvalue weighted by Crippen LogP contribution is 2.23. The van der Waals surface area contributed by atoms with Crippen LogP contribution in [0.3, 0.4) is 0 Å². The maximum absolute atomic E-state index is 11.7. The van der Waals surface area contributed by atoms with E-state index in [2.05, 4.69) is 5.32 Å². The van der Waals surface area contributed by atoms with Crippen molar-refractivity contribution in [1.29, 1.82) is 0 Å². The molecule has 40 valence electrons. The first-order chi connectivity index (χ1) is 3.34. The Labute approximate surface area is 40.7 Å². The molecule has 0 bridgehead atoms. The Balaban J connectivity index is 2.08. The molecule has 0 heterocycles. The summed E-state index contributed by atoms with van der Waals surface area (Å²) < 4.78 is 11.7. The smallest absolute Gasteiger partial charge is 0.207 e. The van der Waals surface area contributed by atoms with Crippen molar-refractivity contribution in [2.24, 2.45) is 0 Å². The first-order valence-corrected chi connectivity index (χ1v) is 2.18. The molecule has 0 aromatic carbocycles. The Bertz CT molecular complexity index is 85.8. The number of nitrogens with one attached hydrogen (secondary N) is 1. The van der Waals surface area contributed by atoms with Gasteiger partial charge in [0, 0.05) is 6.42 Å². The van der Waals surface area contributed by atoms with Crippen molar-refractivity contribution in [3.63, 3.8) is 0 Å². The van der Waals surface area contributed by atoms with Crippen molar-refractivity contribution < 1.29 is 9.18 Å². The van der Waals surface area contributed by atoms with Crippen LogP contribution in [0.25, 0.3) is 0 Å². The second kappa shape index (κ2) is 1.48. The Morgan fingerprint density at radius 1 is 1.86 bits per heavy atom. The van der Waals surface area contributed by atoms with Gasteiger partial charge in [0.2, 0.25) is 6.41 Å². The molecule has 1 amide bonds. The number of halogens is 1. The predicted octanol–water partition coefficient (Wildman–Crippen LogP) is -0.157. The molecule has 2 nitrogen and oxygen atoms in total. The van der Waals surface area contributed by atoms with E-state index < -0.39 is 6.17 Å². The second-order valence-corrected chi connectivity index (χ2v) is 1.64. The first kappa shape index (κ1) is 4.56. The van der Waals surface area contributed by atoms with Gasteiger partial charge in [-0.3, -0.25) is 4.79 Å². The highest BCUT2D eigenvalue weighted by atomic mass is 19.1. The van der Waals surface area contributed by atoms with Crippen LogP contribution in [0.5, 0.6) is 0 Å². The van der Waals surface area contributed by atoms with E-state index in [1.165, 1.54) is 0 Å². The van der Waals surface area contributed by atoms with Crippen molar-refractivity contribution in [2.45, 2.75) is 18.6 Å². The van der Waals surface area contributed by atoms with Crippen LogP contribution in [0.4, 0.5) is 4.39 Å². The zero-order valence-corrected chi connectivity index (χ0v) is 3.73. The quantitative estimate of drug-likeness (QED) is 0.483. The van der Waals surface area contributed by atoms with Gasteiger partial charge in [0.15, 0.2) is 0 Å². The Morgan fingerprint density at radius 3 is 2.57 bits per heavy atom. The van der Waals surface area contributed by atoms with E-state index in [0.29, 0.717) is 12.8 Å². The summed E-state index contributed by atoms with van der Waals surface area (Å²) in [4.78, 5) is 9.52. The summed E-state index contributed by atoms with van der Waals surface area (Å²) in [6.45, 7) is 0. The molecule has 1 rings (SSSR count). The van der Waals surface area contributed by atoms with E-state index in [9.17, 15) is 9.18 Å². The van der Waals surface area contributed by atoms with Gasteiger partial charge in [0.05, 0.1) is 6.04 Å². The summed E-state index contributed by atoms with van der Waals surface area (Å²) in [5.41, 5.74) is 0. The van der Waals surface area contributed by atoms with Crippen LogP contribution in [0.2, 0.25) is 0 Å². The van der Waals surface area contributed by atoms with Gasteiger partial charge >= 0.3 is 0 Å². The second-order valence-electron chi connectivity index (χ2n) is 1.64. The minimum atomic E-state index is -0.773. The van der Waals surface area contributed by atoms with Gasteiger partial charge < -0.3 is 5.32 Å². The van der Waals surface area contributed by atoms with Gasteiger partial charge in [-0.1, -0.05) is 0 Å². The lowest BCUT2D eigenvalue weighted by Gasteiger charge is -1.84. The van der Waals surface area contributed by atoms with E-state index in [4.69, 9.17) is 0 Å². The van der Waals surface area contributed by atoms with Gasteiger partial charge in [0.1, 0.15) is 6.17 Å². The molecule has 1 saturated carbocycles. The SMILES string of the molecule is O=CNC1CC1F. The Kier molecular flexibility index (Phi) is 0.964. The molecule has 0 radical (unpaired) electrons. The fourth-order valence-corrected chi connectivity index (χ4v) is 0.424. The van der Waals surface area contributed by atoms with Crippen molar-refractivity contribution in [3.8, 4) is 0 Å². The third-order valence-electron chi connectivity index (χ3n) is 0.995. The minimum absolute atomic E-state index is 0.169. The molecule has 2 atom stereocenters. The monoisotopic (exact) mass is 103 g/mol. The number of hydrogen-bond acceptors (Lipinski definition) is 1. The molecular formula is C4H6FNO. The third kappa shape index (κ3) is 0.885. The fourth-order valence-electron chi connectivity index (χ4n) is 0.424. The summed E-state index contributed by atoms with van der Waals surface area (Å²) in [6, 6.07) is -0.169. The normalized spacial score (nSPS) is 37.3. The van der Waals surface area contributed by atoms with Gasteiger partial charge in [-0.25, -0.2) is 4.39 Å². The van der Waals surface area contributed by atoms with Gasteiger partial charge in [0.25, 0.3) is 0 Å². The van der Waals surface area contributed by atoms with Crippen LogP contribution >= 0.6 is 0 Å². The van der Waals surface area contributed by atoms with Crippen LogP contribution in [0.15, 0.2) is 0 Å². The predicted molar refractivity (Wildman–Crippen MR) is 22.5 cm³/mol. The van der Waals surface area contributed by atoms with Gasteiger partial charge in [-0.15, -0.1) is 0 Å². The molecule has 1 N–H and O–H groups in total. The average Bonchev–Trinajstić information content (AvgIpc) is 2.22. The molecule has 1 aliphatic rings. The van der Waals surface area contributed by atoms with Crippen LogP contribution in [-0.4, -0.2) is 18.6 Å². The standard InChI is InChI=1S/C4H6FNO/c5-3-1-4(3)6-2-7/h2-4H,1H2,(H,6,7). The molecule has 0 aromatic heterocycles. The molecule has 2 unspecified atom stereocenters. The van der Waals surface area contributed by atoms with Gasteiger partial charge in [-0.05, 0) is 0 Å². The Hall–Kier alpha value is -0.600. The number of carbonyl (C=O) groups is 1. The lowest BCUT2D eigenvalue weighted by Crippen LogP contribution is -2.15. The molecule has 0 aliphatic heterocycles. The number of carbonyl (C=O) groups excluding carboxylic acids is 1. The topological polar surface area (TPSA) is 29.1 Å². The zero-order chi connectivity index (χ0) is 5.28. The summed E-state index contributed by atoms with van der Waals surface area (Å²) in [6.07, 6.45) is 0.258. The molecule has 3 heteroatoms. The van der Waals surface area contributed by atoms with Crippen molar-refractivity contribution in [3.05, 3.63) is 0 Å². The zero-order valence-electron chi connectivity index (χ0n) is 3.73. The molecule has 7 heavy (non-hydrogen) atoms. The van der Waals surface area contributed by atoms with E-state index in [0.717, 1.165) is 0 Å². The van der Waals surface area contributed by atoms with Crippen molar-refractivity contribution in [1.82, 2.24) is 5.32 Å². The summed E-state index contributed by atoms with van der Waals surface area (Å²) >= 11 is 0. The molecule has 0 aromatic rings. The highest BCUT2D eigenvalue weighted by molar-refractivity contribution is 5.47. The summed E-state index contributed by atoms with van der Waals surface area (Å²) in [5, 5.41) is 2.31. The lowest BCUT2D eigenvalue weighted by molar-refractivity contribution is -0.109. The molecule has 1 fully saturated rings. The first-order valence-electron chi connectivity index (χ1n) is 2.18. The number of amides is 1. The molecular weight excluding hydrogens is 97.0 g/mol. The highest BCUT2D eigenvalue weighted by Gasteiger charge is 2.36. The number of rotatable bonds is 2. The van der Waals surface area contributed by atoms with E-state index in [1.54, 1.807) is 0 Å². The van der Waals surface area contributed by atoms with Gasteiger partial charge in [-0.2, -0.15) is 0 Å². The van der Waals surface area contributed by atoms with Crippen molar-refractivity contribution >= 4 is 6.41 Å².